The smallest absolute Gasteiger partial charge is 0.323 e. The second-order valence-electron chi connectivity index (χ2n) is 7.48. The monoisotopic (exact) mass is 428 g/mol. The van der Waals surface area contributed by atoms with E-state index in [0.717, 1.165) is 4.90 Å². The Labute approximate surface area is 179 Å². The zero-order valence-corrected chi connectivity index (χ0v) is 17.8. The number of hydrogen-bond donors (Lipinski definition) is 2. The highest BCUT2D eigenvalue weighted by molar-refractivity contribution is 8.15. The maximum Gasteiger partial charge on any atom is 0.323 e. The molecule has 2 aromatic rings. The summed E-state index contributed by atoms with van der Waals surface area (Å²) in [6.45, 7) is 4.51. The lowest BCUT2D eigenvalue weighted by Gasteiger charge is -2.36. The van der Waals surface area contributed by atoms with E-state index in [9.17, 15) is 24.3 Å². The van der Waals surface area contributed by atoms with Gasteiger partial charge in [0.1, 0.15) is 6.54 Å². The lowest BCUT2D eigenvalue weighted by molar-refractivity contribution is -0.148. The van der Waals surface area contributed by atoms with Crippen LogP contribution in [-0.2, 0) is 9.59 Å². The van der Waals surface area contributed by atoms with Gasteiger partial charge in [0.25, 0.3) is 11.8 Å². The summed E-state index contributed by atoms with van der Waals surface area (Å²) in [7, 11) is 0. The van der Waals surface area contributed by atoms with Crippen LogP contribution in [0.1, 0.15) is 41.5 Å². The molecule has 8 heteroatoms. The number of nitrogens with zero attached hydrogens (tertiary/aromatic N) is 1. The van der Waals surface area contributed by atoms with Crippen LogP contribution in [0.25, 0.3) is 0 Å². The Bertz CT molecular complexity index is 857. The number of aliphatic carboxylic acids is 1. The fourth-order valence-electron chi connectivity index (χ4n) is 2.61. The highest BCUT2D eigenvalue weighted by Gasteiger charge is 2.36. The number of amides is 2. The summed E-state index contributed by atoms with van der Waals surface area (Å²) in [6.07, 6.45) is 0. The molecule has 2 amide bonds. The molecule has 158 valence electrons. The molecule has 0 heterocycles. The minimum absolute atomic E-state index is 0.323. The minimum atomic E-state index is -1.29. The van der Waals surface area contributed by atoms with Crippen LogP contribution in [0.15, 0.2) is 60.7 Å². The van der Waals surface area contributed by atoms with Gasteiger partial charge in [0, 0.05) is 16.7 Å². The van der Waals surface area contributed by atoms with Gasteiger partial charge in [-0.2, -0.15) is 0 Å². The molecule has 2 rings (SSSR count). The first-order chi connectivity index (χ1) is 14.1. The summed E-state index contributed by atoms with van der Waals surface area (Å²) in [5.41, 5.74) is -0.139. The number of thioether (sulfide) groups is 1. The molecule has 0 aromatic heterocycles. The van der Waals surface area contributed by atoms with Gasteiger partial charge in [0.2, 0.25) is 5.12 Å². The van der Waals surface area contributed by atoms with E-state index in [1.807, 2.05) is 0 Å². The van der Waals surface area contributed by atoms with E-state index < -0.39 is 40.4 Å². The summed E-state index contributed by atoms with van der Waals surface area (Å²) in [5, 5.41) is 10.1. The van der Waals surface area contributed by atoms with E-state index in [2.05, 4.69) is 5.32 Å². The lowest BCUT2D eigenvalue weighted by atomic mass is 10.1. The van der Waals surface area contributed by atoms with Crippen LogP contribution in [0.3, 0.4) is 0 Å². The van der Waals surface area contributed by atoms with Crippen LogP contribution >= 0.6 is 11.8 Å². The second-order valence-corrected chi connectivity index (χ2v) is 8.56. The van der Waals surface area contributed by atoms with Gasteiger partial charge in [0.05, 0.1) is 0 Å². The highest BCUT2D eigenvalue weighted by Crippen LogP contribution is 2.23. The predicted octanol–water partition coefficient (Wildman–Crippen LogP) is 3.03. The van der Waals surface area contributed by atoms with Crippen molar-refractivity contribution in [1.29, 1.82) is 0 Å². The third kappa shape index (κ3) is 6.45. The van der Waals surface area contributed by atoms with Crippen LogP contribution < -0.4 is 5.32 Å². The molecule has 0 radical (unpaired) electrons. The average Bonchev–Trinajstić information content (AvgIpc) is 2.71. The Morgan fingerprint density at radius 3 is 1.90 bits per heavy atom. The van der Waals surface area contributed by atoms with Crippen molar-refractivity contribution in [2.45, 2.75) is 31.7 Å². The molecule has 0 saturated carbocycles. The molecule has 2 aromatic carbocycles. The van der Waals surface area contributed by atoms with E-state index in [1.165, 1.54) is 0 Å². The largest absolute Gasteiger partial charge is 0.480 e. The first-order valence-electron chi connectivity index (χ1n) is 9.25. The zero-order chi connectivity index (χ0) is 22.3. The van der Waals surface area contributed by atoms with Crippen LogP contribution in [-0.4, -0.2) is 50.4 Å². The van der Waals surface area contributed by atoms with E-state index in [-0.39, 0.29) is 0 Å². The van der Waals surface area contributed by atoms with Crippen LogP contribution in [0.2, 0.25) is 0 Å². The Morgan fingerprint density at radius 1 is 0.933 bits per heavy atom. The number of carboxylic acid groups (broad SMARTS) is 1. The minimum Gasteiger partial charge on any atom is -0.480 e. The highest BCUT2D eigenvalue weighted by atomic mass is 32.2. The van der Waals surface area contributed by atoms with Crippen molar-refractivity contribution in [1.82, 2.24) is 10.2 Å². The summed E-state index contributed by atoms with van der Waals surface area (Å²) < 4.78 is 0. The third-order valence-corrected chi connectivity index (χ3v) is 5.13. The maximum absolute atomic E-state index is 13.2. The topological polar surface area (TPSA) is 104 Å². The number of rotatable bonds is 7. The van der Waals surface area contributed by atoms with E-state index in [0.29, 0.717) is 22.9 Å². The van der Waals surface area contributed by atoms with Crippen molar-refractivity contribution in [3.05, 3.63) is 71.8 Å². The van der Waals surface area contributed by atoms with Crippen molar-refractivity contribution in [3.63, 3.8) is 0 Å². The van der Waals surface area contributed by atoms with Crippen molar-refractivity contribution >= 4 is 34.7 Å². The van der Waals surface area contributed by atoms with Gasteiger partial charge in [-0.25, -0.2) is 0 Å². The summed E-state index contributed by atoms with van der Waals surface area (Å²) in [4.78, 5) is 51.0. The predicted molar refractivity (Wildman–Crippen MR) is 115 cm³/mol. The summed E-state index contributed by atoms with van der Waals surface area (Å²) >= 11 is 0.645. The molecule has 0 bridgehead atoms. The molecule has 1 atom stereocenters. The molecule has 0 saturated heterocycles. The van der Waals surface area contributed by atoms with Gasteiger partial charge in [-0.05, 0) is 44.7 Å². The van der Waals surface area contributed by atoms with Gasteiger partial charge in [-0.1, -0.05) is 48.5 Å². The number of benzene rings is 2. The molecule has 0 aliphatic carbocycles. The van der Waals surface area contributed by atoms with Gasteiger partial charge in [0.15, 0.2) is 5.37 Å². The molecule has 0 aliphatic rings. The van der Waals surface area contributed by atoms with Gasteiger partial charge < -0.3 is 15.3 Å². The Balaban J connectivity index is 2.33. The Kier molecular flexibility index (Phi) is 7.77. The number of carbonyl (C=O) groups excluding carboxylic acids is 3. The molecule has 0 aliphatic heterocycles. The zero-order valence-electron chi connectivity index (χ0n) is 17.0. The summed E-state index contributed by atoms with van der Waals surface area (Å²) in [6, 6.07) is 16.6. The van der Waals surface area contributed by atoms with E-state index >= 15 is 0 Å². The molecule has 1 unspecified atom stereocenters. The van der Waals surface area contributed by atoms with E-state index in [1.54, 1.807) is 81.4 Å². The van der Waals surface area contributed by atoms with Crippen LogP contribution in [0.4, 0.5) is 0 Å². The fraction of sp³-hybridized carbons (Fsp3) is 0.273. The normalized spacial score (nSPS) is 12.0. The van der Waals surface area contributed by atoms with E-state index in [4.69, 9.17) is 0 Å². The molecule has 0 spiro atoms. The molecule has 2 N–H and O–H groups in total. The molecular weight excluding hydrogens is 404 g/mol. The van der Waals surface area contributed by atoms with Gasteiger partial charge >= 0.3 is 5.97 Å². The van der Waals surface area contributed by atoms with Crippen molar-refractivity contribution in [2.75, 3.05) is 6.54 Å². The Morgan fingerprint density at radius 2 is 1.43 bits per heavy atom. The molecule has 7 nitrogen and oxygen atoms in total. The maximum atomic E-state index is 13.2. The molecule has 0 fully saturated rings. The Hall–Kier alpha value is -3.13. The number of carbonyl (C=O) groups is 4. The third-order valence-electron chi connectivity index (χ3n) is 4.13. The number of nitrogens with one attached hydrogen (secondary N) is 1. The van der Waals surface area contributed by atoms with Crippen LogP contribution in [0, 0.1) is 0 Å². The quantitative estimate of drug-likeness (QED) is 0.657. The fourth-order valence-corrected chi connectivity index (χ4v) is 3.49. The van der Waals surface area contributed by atoms with Gasteiger partial charge in [-0.3, -0.25) is 19.2 Å². The van der Waals surface area contributed by atoms with Crippen molar-refractivity contribution < 1.29 is 24.3 Å². The molecule has 30 heavy (non-hydrogen) atoms. The summed E-state index contributed by atoms with van der Waals surface area (Å²) in [5.74, 6) is -2.39. The average molecular weight is 429 g/mol. The van der Waals surface area contributed by atoms with Crippen molar-refractivity contribution in [2.24, 2.45) is 0 Å². The molecular formula is C22H24N2O5S. The number of hydrogen-bond acceptors (Lipinski definition) is 5. The second kappa shape index (κ2) is 10.1. The first-order valence-corrected chi connectivity index (χ1v) is 10.1. The van der Waals surface area contributed by atoms with Gasteiger partial charge in [-0.15, -0.1) is 0 Å². The number of carboxylic acids is 1. The standard InChI is InChI=1S/C22H24N2O5S/c1-22(2,3)24(14-17(25)26)20(28)19(23-18(27)15-10-6-4-7-11-15)30-21(29)16-12-8-5-9-13-16/h4-13,19H,14H2,1-3H3,(H,23,27)(H,25,26). The first kappa shape index (κ1) is 23.2. The lowest BCUT2D eigenvalue weighted by Crippen LogP contribution is -2.55. The van der Waals surface area contributed by atoms with Crippen molar-refractivity contribution in [3.8, 4) is 0 Å². The van der Waals surface area contributed by atoms with Crippen LogP contribution in [0.5, 0.6) is 0 Å². The SMILES string of the molecule is CC(C)(C)N(CC(=O)O)C(=O)C(NC(=O)c1ccccc1)SC(=O)c1ccccc1.